The van der Waals surface area contributed by atoms with Crippen LogP contribution in [0.1, 0.15) is 31.4 Å². The SMILES string of the molecule is C[C@H](OC(=O)NCC1=CCCC=C1)[C@@H](O)c1ccccc1Cl. The average molecular weight is 322 g/mol. The standard InChI is InChI=1S/C17H20ClNO3/c1-12(16(20)14-9-5-6-10-15(14)18)22-17(21)19-11-13-7-3-2-4-8-13/h3,5-10,12,16,20H,2,4,11H2,1H3,(H,19,21)/t12-,16+/m0/s1. The van der Waals surface area contributed by atoms with Crippen molar-refractivity contribution in [3.8, 4) is 0 Å². The number of amides is 1. The first-order chi connectivity index (χ1) is 10.6. The van der Waals surface area contributed by atoms with Crippen molar-refractivity contribution in [2.45, 2.75) is 32.0 Å². The molecule has 0 heterocycles. The molecule has 0 aliphatic heterocycles. The number of carbonyl (C=O) groups is 1. The number of ether oxygens (including phenoxy) is 1. The van der Waals surface area contributed by atoms with Gasteiger partial charge in [0.25, 0.3) is 0 Å². The number of allylic oxidation sites excluding steroid dienone is 2. The number of carbonyl (C=O) groups excluding carboxylic acids is 1. The van der Waals surface area contributed by atoms with Gasteiger partial charge in [0.2, 0.25) is 0 Å². The second kappa shape index (κ2) is 8.01. The van der Waals surface area contributed by atoms with E-state index in [1.807, 2.05) is 6.08 Å². The average Bonchev–Trinajstić information content (AvgIpc) is 2.53. The van der Waals surface area contributed by atoms with Gasteiger partial charge in [0.15, 0.2) is 0 Å². The van der Waals surface area contributed by atoms with Crippen LogP contribution in [0.25, 0.3) is 0 Å². The fourth-order valence-corrected chi connectivity index (χ4v) is 2.46. The molecule has 0 unspecified atom stereocenters. The third kappa shape index (κ3) is 4.61. The van der Waals surface area contributed by atoms with E-state index in [0.29, 0.717) is 17.1 Å². The van der Waals surface area contributed by atoms with Crippen molar-refractivity contribution in [2.75, 3.05) is 6.54 Å². The molecule has 1 aliphatic rings. The van der Waals surface area contributed by atoms with Gasteiger partial charge >= 0.3 is 6.09 Å². The minimum absolute atomic E-state index is 0.421. The van der Waals surface area contributed by atoms with Crippen molar-refractivity contribution in [1.29, 1.82) is 0 Å². The zero-order valence-corrected chi connectivity index (χ0v) is 13.2. The van der Waals surface area contributed by atoms with Crippen LogP contribution in [-0.4, -0.2) is 23.8 Å². The van der Waals surface area contributed by atoms with E-state index in [1.54, 1.807) is 31.2 Å². The molecule has 1 aromatic carbocycles. The summed E-state index contributed by atoms with van der Waals surface area (Å²) in [6, 6.07) is 6.96. The van der Waals surface area contributed by atoms with Gasteiger partial charge in [0.05, 0.1) is 0 Å². The maximum absolute atomic E-state index is 11.8. The van der Waals surface area contributed by atoms with Gasteiger partial charge in [0, 0.05) is 17.1 Å². The lowest BCUT2D eigenvalue weighted by Crippen LogP contribution is -2.32. The number of benzene rings is 1. The van der Waals surface area contributed by atoms with Crippen LogP contribution in [0.3, 0.4) is 0 Å². The molecule has 22 heavy (non-hydrogen) atoms. The molecule has 0 saturated heterocycles. The van der Waals surface area contributed by atoms with Gasteiger partial charge in [-0.25, -0.2) is 4.79 Å². The Labute approximate surface area is 135 Å². The summed E-state index contributed by atoms with van der Waals surface area (Å²) in [5.41, 5.74) is 1.60. The Morgan fingerprint density at radius 1 is 1.41 bits per heavy atom. The van der Waals surface area contributed by atoms with Crippen LogP contribution < -0.4 is 5.32 Å². The largest absolute Gasteiger partial charge is 0.443 e. The van der Waals surface area contributed by atoms with Gasteiger partial charge in [-0.05, 0) is 31.4 Å². The van der Waals surface area contributed by atoms with E-state index in [9.17, 15) is 9.90 Å². The monoisotopic (exact) mass is 321 g/mol. The molecule has 1 aliphatic carbocycles. The molecule has 4 nitrogen and oxygen atoms in total. The van der Waals surface area contributed by atoms with E-state index in [1.165, 1.54) is 0 Å². The maximum Gasteiger partial charge on any atom is 0.407 e. The first-order valence-corrected chi connectivity index (χ1v) is 7.68. The third-order valence-corrected chi connectivity index (χ3v) is 3.81. The highest BCUT2D eigenvalue weighted by Crippen LogP contribution is 2.26. The summed E-state index contributed by atoms with van der Waals surface area (Å²) in [4.78, 5) is 11.8. The number of aliphatic hydroxyl groups excluding tert-OH is 1. The quantitative estimate of drug-likeness (QED) is 0.868. The van der Waals surface area contributed by atoms with Crippen molar-refractivity contribution in [2.24, 2.45) is 0 Å². The number of nitrogens with one attached hydrogen (secondary N) is 1. The Morgan fingerprint density at radius 2 is 2.18 bits per heavy atom. The van der Waals surface area contributed by atoms with E-state index in [2.05, 4.69) is 17.5 Å². The minimum atomic E-state index is -0.965. The maximum atomic E-state index is 11.8. The van der Waals surface area contributed by atoms with Crippen LogP contribution in [-0.2, 0) is 4.74 Å². The molecular formula is C17H20ClNO3. The number of alkyl carbamates (subject to hydrolysis) is 1. The van der Waals surface area contributed by atoms with E-state index >= 15 is 0 Å². The molecule has 0 saturated carbocycles. The van der Waals surface area contributed by atoms with Gasteiger partial charge in [-0.3, -0.25) is 0 Å². The first kappa shape index (κ1) is 16.6. The summed E-state index contributed by atoms with van der Waals surface area (Å²) >= 11 is 6.03. The van der Waals surface area contributed by atoms with E-state index in [0.717, 1.165) is 18.4 Å². The van der Waals surface area contributed by atoms with Crippen LogP contribution in [0.5, 0.6) is 0 Å². The Bertz CT molecular complexity index is 583. The Morgan fingerprint density at radius 3 is 2.86 bits per heavy atom. The van der Waals surface area contributed by atoms with Crippen LogP contribution in [0.15, 0.2) is 48.1 Å². The minimum Gasteiger partial charge on any atom is -0.443 e. The van der Waals surface area contributed by atoms with Crippen LogP contribution in [0.2, 0.25) is 5.02 Å². The zero-order valence-electron chi connectivity index (χ0n) is 12.5. The molecule has 2 N–H and O–H groups in total. The third-order valence-electron chi connectivity index (χ3n) is 3.47. The van der Waals surface area contributed by atoms with E-state index in [-0.39, 0.29) is 0 Å². The zero-order chi connectivity index (χ0) is 15.9. The Hall–Kier alpha value is -1.78. The number of aliphatic hydroxyl groups is 1. The fraction of sp³-hybridized carbons (Fsp3) is 0.353. The number of hydrogen-bond acceptors (Lipinski definition) is 3. The molecule has 2 atom stereocenters. The van der Waals surface area contributed by atoms with Crippen molar-refractivity contribution in [3.63, 3.8) is 0 Å². The lowest BCUT2D eigenvalue weighted by Gasteiger charge is -2.21. The lowest BCUT2D eigenvalue weighted by atomic mass is 10.1. The van der Waals surface area contributed by atoms with Gasteiger partial charge in [-0.1, -0.05) is 48.0 Å². The summed E-state index contributed by atoms with van der Waals surface area (Å²) in [6.45, 7) is 2.05. The predicted octanol–water partition coefficient (Wildman–Crippen LogP) is 3.76. The molecule has 0 spiro atoms. The summed E-state index contributed by atoms with van der Waals surface area (Å²) in [6.07, 6.45) is 5.96. The predicted molar refractivity (Wildman–Crippen MR) is 86.8 cm³/mol. The van der Waals surface area contributed by atoms with E-state index < -0.39 is 18.3 Å². The smallest absolute Gasteiger partial charge is 0.407 e. The van der Waals surface area contributed by atoms with Gasteiger partial charge < -0.3 is 15.2 Å². The van der Waals surface area contributed by atoms with Gasteiger partial charge in [-0.15, -0.1) is 0 Å². The molecule has 0 aromatic heterocycles. The fourth-order valence-electron chi connectivity index (χ4n) is 2.22. The van der Waals surface area contributed by atoms with Crippen LogP contribution in [0, 0.1) is 0 Å². The second-order valence-electron chi connectivity index (χ2n) is 5.19. The van der Waals surface area contributed by atoms with Crippen molar-refractivity contribution in [3.05, 3.63) is 58.7 Å². The highest BCUT2D eigenvalue weighted by Gasteiger charge is 2.22. The molecule has 0 radical (unpaired) electrons. The number of rotatable bonds is 5. The Kier molecular flexibility index (Phi) is 6.04. The second-order valence-corrected chi connectivity index (χ2v) is 5.60. The summed E-state index contributed by atoms with van der Waals surface area (Å²) in [7, 11) is 0. The molecular weight excluding hydrogens is 302 g/mol. The molecule has 2 rings (SSSR count). The van der Waals surface area contributed by atoms with Crippen LogP contribution in [0.4, 0.5) is 4.79 Å². The van der Waals surface area contributed by atoms with Gasteiger partial charge in [-0.2, -0.15) is 0 Å². The molecule has 5 heteroatoms. The molecule has 1 aromatic rings. The number of halogens is 1. The van der Waals surface area contributed by atoms with Gasteiger partial charge in [0.1, 0.15) is 12.2 Å². The Balaban J connectivity index is 1.84. The van der Waals surface area contributed by atoms with Crippen molar-refractivity contribution < 1.29 is 14.6 Å². The highest BCUT2D eigenvalue weighted by molar-refractivity contribution is 6.31. The number of hydrogen-bond donors (Lipinski definition) is 2. The van der Waals surface area contributed by atoms with Crippen molar-refractivity contribution >= 4 is 17.7 Å². The summed E-state index contributed by atoms with van der Waals surface area (Å²) in [5.74, 6) is 0. The molecule has 1 amide bonds. The molecule has 0 bridgehead atoms. The normalized spacial score (nSPS) is 16.6. The summed E-state index contributed by atoms with van der Waals surface area (Å²) in [5, 5.41) is 13.4. The topological polar surface area (TPSA) is 58.6 Å². The highest BCUT2D eigenvalue weighted by atomic mass is 35.5. The summed E-state index contributed by atoms with van der Waals surface area (Å²) < 4.78 is 5.20. The first-order valence-electron chi connectivity index (χ1n) is 7.30. The van der Waals surface area contributed by atoms with Crippen LogP contribution >= 0.6 is 11.6 Å². The lowest BCUT2D eigenvalue weighted by molar-refractivity contribution is 0.0123. The molecule has 0 fully saturated rings. The molecule has 118 valence electrons. The van der Waals surface area contributed by atoms with Crippen molar-refractivity contribution in [1.82, 2.24) is 5.32 Å². The van der Waals surface area contributed by atoms with E-state index in [4.69, 9.17) is 16.3 Å².